The molecule has 4 aliphatic rings. The molecule has 10 atom stereocenters. The van der Waals surface area contributed by atoms with Gasteiger partial charge in [0.25, 0.3) is 0 Å². The number of hydrogen-bond acceptors (Lipinski definition) is 4. The van der Waals surface area contributed by atoms with Crippen molar-refractivity contribution in [2.24, 2.45) is 46.3 Å². The van der Waals surface area contributed by atoms with Crippen LogP contribution in [0.15, 0.2) is 0 Å². The number of ether oxygens (including phenoxy) is 1. The van der Waals surface area contributed by atoms with Gasteiger partial charge >= 0.3 is 5.97 Å². The quantitative estimate of drug-likeness (QED) is 0.671. The Balaban J connectivity index is 1.53. The molecule has 4 saturated carbocycles. The molecule has 0 spiro atoms. The van der Waals surface area contributed by atoms with Crippen LogP contribution in [0, 0.1) is 46.3 Å². The molecule has 4 heteroatoms. The van der Waals surface area contributed by atoms with E-state index in [-0.39, 0.29) is 23.6 Å². The van der Waals surface area contributed by atoms with Gasteiger partial charge in [-0.05, 0) is 104 Å². The largest absolute Gasteiger partial charge is 0.469 e. The van der Waals surface area contributed by atoms with Crippen molar-refractivity contribution in [3.05, 3.63) is 0 Å². The zero-order valence-electron chi connectivity index (χ0n) is 18.9. The fourth-order valence-corrected chi connectivity index (χ4v) is 8.81. The Kier molecular flexibility index (Phi) is 5.83. The monoisotopic (exact) mass is 406 g/mol. The first-order valence-corrected chi connectivity index (χ1v) is 12.1. The number of methoxy groups -OCH3 is 1. The van der Waals surface area contributed by atoms with Crippen molar-refractivity contribution in [1.82, 2.24) is 0 Å². The molecule has 4 nitrogen and oxygen atoms in total. The summed E-state index contributed by atoms with van der Waals surface area (Å²) >= 11 is 0. The van der Waals surface area contributed by atoms with E-state index in [1.165, 1.54) is 32.8 Å². The smallest absolute Gasteiger partial charge is 0.305 e. The Morgan fingerprint density at radius 1 is 1.07 bits per heavy atom. The highest BCUT2D eigenvalue weighted by molar-refractivity contribution is 5.69. The van der Waals surface area contributed by atoms with Gasteiger partial charge in [-0.1, -0.05) is 20.8 Å². The average Bonchev–Trinajstić information content (AvgIpc) is 3.06. The molecule has 29 heavy (non-hydrogen) atoms. The van der Waals surface area contributed by atoms with Gasteiger partial charge in [0.05, 0.1) is 19.3 Å². The van der Waals surface area contributed by atoms with Gasteiger partial charge in [0.1, 0.15) is 0 Å². The van der Waals surface area contributed by atoms with Gasteiger partial charge in [0.15, 0.2) is 0 Å². The van der Waals surface area contributed by atoms with E-state index in [0.29, 0.717) is 41.4 Å². The van der Waals surface area contributed by atoms with Crippen molar-refractivity contribution in [1.29, 1.82) is 0 Å². The first kappa shape index (κ1) is 21.6. The predicted molar refractivity (Wildman–Crippen MR) is 113 cm³/mol. The van der Waals surface area contributed by atoms with Crippen LogP contribution in [0.5, 0.6) is 0 Å². The van der Waals surface area contributed by atoms with E-state index in [4.69, 9.17) is 4.74 Å². The van der Waals surface area contributed by atoms with Crippen LogP contribution in [0.25, 0.3) is 0 Å². The van der Waals surface area contributed by atoms with Crippen LogP contribution in [0.1, 0.15) is 85.0 Å². The maximum Gasteiger partial charge on any atom is 0.305 e. The molecule has 0 aromatic heterocycles. The zero-order chi connectivity index (χ0) is 21.0. The van der Waals surface area contributed by atoms with Gasteiger partial charge in [-0.15, -0.1) is 0 Å². The third-order valence-corrected chi connectivity index (χ3v) is 10.5. The molecule has 0 amide bonds. The van der Waals surface area contributed by atoms with Crippen LogP contribution in [0.4, 0.5) is 0 Å². The van der Waals surface area contributed by atoms with E-state index in [2.05, 4.69) is 20.8 Å². The van der Waals surface area contributed by atoms with Crippen molar-refractivity contribution in [3.8, 4) is 0 Å². The van der Waals surface area contributed by atoms with Gasteiger partial charge in [-0.2, -0.15) is 0 Å². The second-order valence-electron chi connectivity index (χ2n) is 11.5. The summed E-state index contributed by atoms with van der Waals surface area (Å²) in [5.41, 5.74) is 0.271. The molecule has 4 aliphatic carbocycles. The van der Waals surface area contributed by atoms with E-state index in [0.717, 1.165) is 38.0 Å². The Labute approximate surface area is 176 Å². The SMILES string of the molecule is COC(=O)CC[C@@H](C)[C@H]1CC[C@H]2[C@@H]3CC[C@@H]4C[C@H](O)CC[C@]4(C)[C@H]3C[C@@H](O)[C@]12C. The highest BCUT2D eigenvalue weighted by Crippen LogP contribution is 2.68. The number of rotatable bonds is 4. The summed E-state index contributed by atoms with van der Waals surface area (Å²) in [7, 11) is 1.46. The second kappa shape index (κ2) is 7.82. The van der Waals surface area contributed by atoms with Gasteiger partial charge in [-0.3, -0.25) is 4.79 Å². The first-order chi connectivity index (χ1) is 13.7. The summed E-state index contributed by atoms with van der Waals surface area (Å²) in [5.74, 6) is 3.36. The Hall–Kier alpha value is -0.610. The van der Waals surface area contributed by atoms with Crippen LogP contribution >= 0.6 is 0 Å². The van der Waals surface area contributed by atoms with Crippen molar-refractivity contribution in [2.45, 2.75) is 97.2 Å². The summed E-state index contributed by atoms with van der Waals surface area (Å²) in [4.78, 5) is 11.6. The highest BCUT2D eigenvalue weighted by Gasteiger charge is 2.63. The molecule has 0 heterocycles. The van der Waals surface area contributed by atoms with Crippen LogP contribution in [0.2, 0.25) is 0 Å². The number of esters is 1. The van der Waals surface area contributed by atoms with Crippen molar-refractivity contribution >= 4 is 5.97 Å². The minimum Gasteiger partial charge on any atom is -0.469 e. The molecule has 4 rings (SSSR count). The lowest BCUT2D eigenvalue weighted by Gasteiger charge is -2.62. The van der Waals surface area contributed by atoms with Gasteiger partial charge in [0, 0.05) is 6.42 Å². The summed E-state index contributed by atoms with van der Waals surface area (Å²) < 4.78 is 4.85. The van der Waals surface area contributed by atoms with E-state index >= 15 is 0 Å². The van der Waals surface area contributed by atoms with Crippen molar-refractivity contribution < 1.29 is 19.7 Å². The van der Waals surface area contributed by atoms with Crippen molar-refractivity contribution in [3.63, 3.8) is 0 Å². The number of carbonyl (C=O) groups is 1. The fraction of sp³-hybridized carbons (Fsp3) is 0.960. The molecule has 0 aromatic rings. The van der Waals surface area contributed by atoms with E-state index in [1.807, 2.05) is 0 Å². The van der Waals surface area contributed by atoms with Crippen LogP contribution in [-0.4, -0.2) is 35.5 Å². The number of carbonyl (C=O) groups excluding carboxylic acids is 1. The lowest BCUT2D eigenvalue weighted by atomic mass is 9.43. The molecule has 0 saturated heterocycles. The molecular weight excluding hydrogens is 364 g/mol. The summed E-state index contributed by atoms with van der Waals surface area (Å²) in [6, 6.07) is 0. The number of aliphatic hydroxyl groups excluding tert-OH is 2. The van der Waals surface area contributed by atoms with E-state index in [1.54, 1.807) is 0 Å². The lowest BCUT2D eigenvalue weighted by Crippen LogP contribution is -2.58. The topological polar surface area (TPSA) is 66.8 Å². The Morgan fingerprint density at radius 2 is 1.83 bits per heavy atom. The third-order valence-electron chi connectivity index (χ3n) is 10.5. The molecule has 2 N–H and O–H groups in total. The van der Waals surface area contributed by atoms with Crippen LogP contribution in [-0.2, 0) is 9.53 Å². The maximum atomic E-state index is 11.6. The van der Waals surface area contributed by atoms with E-state index in [9.17, 15) is 15.0 Å². The molecule has 0 bridgehead atoms. The standard InChI is InChI=1S/C25H42O4/c1-15(5-10-23(28)29-4)19-8-9-20-18-7-6-16-13-17(26)11-12-24(16,2)21(18)14-22(27)25(19,20)3/h15-22,26-27H,5-14H2,1-4H3/t15-,16-,17-,18+,19-,20+,21+,22-,24+,25-/m1/s1. The molecule has 4 fully saturated rings. The highest BCUT2D eigenvalue weighted by atomic mass is 16.5. The van der Waals surface area contributed by atoms with E-state index < -0.39 is 0 Å². The molecular formula is C25H42O4. The molecule has 0 radical (unpaired) electrons. The predicted octanol–water partition coefficient (Wildman–Crippen LogP) is 4.57. The normalized spacial score (nSPS) is 50.2. The minimum absolute atomic E-state index is 0.0198. The second-order valence-corrected chi connectivity index (χ2v) is 11.5. The maximum absolute atomic E-state index is 11.6. The number of hydrogen-bond donors (Lipinski definition) is 2. The van der Waals surface area contributed by atoms with Crippen LogP contribution in [0.3, 0.4) is 0 Å². The van der Waals surface area contributed by atoms with Crippen molar-refractivity contribution in [2.75, 3.05) is 7.11 Å². The van der Waals surface area contributed by atoms with Gasteiger partial charge in [-0.25, -0.2) is 0 Å². The third kappa shape index (κ3) is 3.37. The Morgan fingerprint density at radius 3 is 2.55 bits per heavy atom. The molecule has 166 valence electrons. The lowest BCUT2D eigenvalue weighted by molar-refractivity contribution is -0.175. The first-order valence-electron chi connectivity index (χ1n) is 12.1. The Bertz CT molecular complexity index is 620. The summed E-state index contributed by atoms with van der Waals surface area (Å²) in [6.45, 7) is 7.12. The fourth-order valence-electron chi connectivity index (χ4n) is 8.81. The van der Waals surface area contributed by atoms with Gasteiger partial charge < -0.3 is 14.9 Å². The summed E-state index contributed by atoms with van der Waals surface area (Å²) in [6.07, 6.45) is 9.86. The number of fused-ring (bicyclic) bond motifs is 5. The molecule has 0 unspecified atom stereocenters. The number of aliphatic hydroxyl groups is 2. The van der Waals surface area contributed by atoms with Crippen LogP contribution < -0.4 is 0 Å². The zero-order valence-corrected chi connectivity index (χ0v) is 18.9. The molecule has 0 aromatic carbocycles. The minimum atomic E-state index is -0.246. The van der Waals surface area contributed by atoms with Gasteiger partial charge in [0.2, 0.25) is 0 Å². The molecule has 0 aliphatic heterocycles. The average molecular weight is 407 g/mol. The summed E-state index contributed by atoms with van der Waals surface area (Å²) in [5, 5.41) is 21.8.